The van der Waals surface area contributed by atoms with Crippen molar-refractivity contribution in [1.29, 1.82) is 0 Å². The van der Waals surface area contributed by atoms with Crippen LogP contribution in [0.3, 0.4) is 0 Å². The fraction of sp³-hybridized carbons (Fsp3) is 1.00. The van der Waals surface area contributed by atoms with Gasteiger partial charge in [-0.05, 0) is 70.9 Å². The van der Waals surface area contributed by atoms with E-state index in [1.165, 1.54) is 65.0 Å². The molecule has 0 saturated heterocycles. The van der Waals surface area contributed by atoms with Crippen LogP contribution in [0.2, 0.25) is 0 Å². The zero-order chi connectivity index (χ0) is 13.8. The first-order valence-electron chi connectivity index (χ1n) is 8.12. The Bertz CT molecular complexity index is 150. The minimum absolute atomic E-state index is 0. The zero-order valence-corrected chi connectivity index (χ0v) is 13.5. The molecule has 0 radical (unpaired) electrons. The molecule has 0 aromatic carbocycles. The van der Waals surface area contributed by atoms with Crippen LogP contribution in [-0.4, -0.2) is 66.7 Å². The van der Waals surface area contributed by atoms with E-state index in [2.05, 4.69) is 44.4 Å². The molecule has 0 saturated carbocycles. The number of hydrogen-bond donors (Lipinski definition) is 0. The minimum atomic E-state index is 0. The van der Waals surface area contributed by atoms with Crippen LogP contribution < -0.4 is 0 Å². The van der Waals surface area contributed by atoms with Gasteiger partial charge in [-0.1, -0.05) is 34.6 Å². The molecule has 0 N–H and O–H groups in total. The molecule has 19 heavy (non-hydrogen) atoms. The molecule has 2 nitrogen and oxygen atoms in total. The van der Waals surface area contributed by atoms with E-state index in [1.54, 1.807) is 0 Å². The molecule has 3 heteroatoms. The van der Waals surface area contributed by atoms with Crippen LogP contribution in [0.1, 0.15) is 60.3 Å². The first-order chi connectivity index (χ1) is 8.67. The Hall–Kier alpha value is 0.463. The van der Waals surface area contributed by atoms with E-state index in [9.17, 15) is 0 Å². The normalized spacial score (nSPS) is 11.4. The summed E-state index contributed by atoms with van der Waals surface area (Å²) >= 11 is 0. The summed E-state index contributed by atoms with van der Waals surface area (Å²) in [5.74, 6) is 0.899. The van der Waals surface area contributed by atoms with Crippen LogP contribution in [0.25, 0.3) is 0 Å². The summed E-state index contributed by atoms with van der Waals surface area (Å²) in [6.07, 6.45) is 5.53. The third kappa shape index (κ3) is 12.0. The van der Waals surface area contributed by atoms with Gasteiger partial charge in [0.15, 0.2) is 0 Å². The average Bonchev–Trinajstić information content (AvgIpc) is 2.40. The van der Waals surface area contributed by atoms with Crippen molar-refractivity contribution >= 4 is 17.6 Å². The maximum atomic E-state index is 2.53. The van der Waals surface area contributed by atoms with Crippen molar-refractivity contribution in [1.82, 2.24) is 9.80 Å². The van der Waals surface area contributed by atoms with Gasteiger partial charge in [-0.3, -0.25) is 0 Å². The van der Waals surface area contributed by atoms with Crippen LogP contribution in [0.5, 0.6) is 0 Å². The molecule has 0 unspecified atom stereocenters. The van der Waals surface area contributed by atoms with Gasteiger partial charge in [0, 0.05) is 0 Å². The fourth-order valence-corrected chi connectivity index (χ4v) is 2.55. The van der Waals surface area contributed by atoms with Crippen molar-refractivity contribution in [2.45, 2.75) is 60.3 Å². The van der Waals surface area contributed by atoms with Gasteiger partial charge in [-0.15, -0.1) is 0 Å². The SMILES string of the molecule is CCN(CC)CCCC(C)CCCN(CC)CC.[GeH4]. The summed E-state index contributed by atoms with van der Waals surface area (Å²) in [5.41, 5.74) is 0. The monoisotopic (exact) mass is 334 g/mol. The van der Waals surface area contributed by atoms with Gasteiger partial charge in [-0.2, -0.15) is 0 Å². The van der Waals surface area contributed by atoms with Crippen LogP contribution in [0, 0.1) is 5.92 Å². The zero-order valence-electron chi connectivity index (χ0n) is 13.5. The summed E-state index contributed by atoms with van der Waals surface area (Å²) in [6, 6.07) is 0. The van der Waals surface area contributed by atoms with E-state index >= 15 is 0 Å². The Balaban J connectivity index is 0. The van der Waals surface area contributed by atoms with Crippen molar-refractivity contribution in [3.8, 4) is 0 Å². The van der Waals surface area contributed by atoms with E-state index < -0.39 is 0 Å². The van der Waals surface area contributed by atoms with E-state index in [0.29, 0.717) is 0 Å². The summed E-state index contributed by atoms with van der Waals surface area (Å²) < 4.78 is 0. The molecule has 0 atom stereocenters. The van der Waals surface area contributed by atoms with Gasteiger partial charge in [0.1, 0.15) is 0 Å². The Kier molecular flexibility index (Phi) is 17.0. The van der Waals surface area contributed by atoms with Crippen LogP contribution in [0.4, 0.5) is 0 Å². The Morgan fingerprint density at radius 2 is 1.00 bits per heavy atom. The third-order valence-electron chi connectivity index (χ3n) is 4.13. The van der Waals surface area contributed by atoms with Gasteiger partial charge in [0.2, 0.25) is 0 Å². The quantitative estimate of drug-likeness (QED) is 0.506. The van der Waals surface area contributed by atoms with Crippen LogP contribution in [0.15, 0.2) is 0 Å². The summed E-state index contributed by atoms with van der Waals surface area (Å²) in [6.45, 7) is 18.8. The summed E-state index contributed by atoms with van der Waals surface area (Å²) in [5, 5.41) is 0. The molecule has 0 aliphatic heterocycles. The van der Waals surface area contributed by atoms with E-state index in [0.717, 1.165) is 5.92 Å². The van der Waals surface area contributed by atoms with E-state index in [1.807, 2.05) is 0 Å². The van der Waals surface area contributed by atoms with Crippen LogP contribution >= 0.6 is 0 Å². The summed E-state index contributed by atoms with van der Waals surface area (Å²) in [4.78, 5) is 5.06. The number of nitrogens with zero attached hydrogens (tertiary/aromatic N) is 2. The molecule has 0 rings (SSSR count). The van der Waals surface area contributed by atoms with Crippen molar-refractivity contribution in [2.75, 3.05) is 39.3 Å². The van der Waals surface area contributed by atoms with Gasteiger partial charge in [0.25, 0.3) is 0 Å². The van der Waals surface area contributed by atoms with Gasteiger partial charge in [-0.25, -0.2) is 0 Å². The predicted molar refractivity (Wildman–Crippen MR) is 94.5 cm³/mol. The van der Waals surface area contributed by atoms with Crippen molar-refractivity contribution in [3.63, 3.8) is 0 Å². The Labute approximate surface area is 133 Å². The summed E-state index contributed by atoms with van der Waals surface area (Å²) in [7, 11) is 0. The number of rotatable bonds is 12. The molecule has 0 aromatic rings. The first-order valence-corrected chi connectivity index (χ1v) is 8.12. The molecule has 0 amide bonds. The molecule has 0 heterocycles. The van der Waals surface area contributed by atoms with Crippen molar-refractivity contribution in [2.24, 2.45) is 5.92 Å². The van der Waals surface area contributed by atoms with E-state index in [-0.39, 0.29) is 17.6 Å². The van der Waals surface area contributed by atoms with Gasteiger partial charge < -0.3 is 9.80 Å². The first kappa shape index (κ1) is 21.8. The second-order valence-electron chi connectivity index (χ2n) is 5.44. The third-order valence-corrected chi connectivity index (χ3v) is 4.13. The maximum absolute atomic E-state index is 2.53. The number of hydrogen-bond acceptors (Lipinski definition) is 2. The van der Waals surface area contributed by atoms with Gasteiger partial charge >= 0.3 is 17.6 Å². The molecular weight excluding hydrogens is 293 g/mol. The fourth-order valence-electron chi connectivity index (χ4n) is 2.55. The Morgan fingerprint density at radius 1 is 0.684 bits per heavy atom. The molecule has 0 aromatic heterocycles. The molecule has 0 fully saturated rings. The predicted octanol–water partition coefficient (Wildman–Crippen LogP) is 2.41. The average molecular weight is 333 g/mol. The topological polar surface area (TPSA) is 6.48 Å². The molecule has 0 bridgehead atoms. The standard InChI is InChI=1S/C16H36N2.GeH4/c1-6-17(7-2)14-10-12-16(5)13-11-15-18(8-3)9-4;/h16H,6-15H2,1-5H3;1H4. The van der Waals surface area contributed by atoms with E-state index in [4.69, 9.17) is 0 Å². The molecular formula is C16H40GeN2. The van der Waals surface area contributed by atoms with Crippen LogP contribution in [-0.2, 0) is 0 Å². The van der Waals surface area contributed by atoms with Crippen molar-refractivity contribution in [3.05, 3.63) is 0 Å². The second-order valence-corrected chi connectivity index (χ2v) is 5.44. The van der Waals surface area contributed by atoms with Crippen molar-refractivity contribution < 1.29 is 0 Å². The van der Waals surface area contributed by atoms with Gasteiger partial charge in [0.05, 0.1) is 0 Å². The molecule has 0 spiro atoms. The second kappa shape index (κ2) is 14.9. The molecule has 0 aliphatic carbocycles. The molecule has 118 valence electrons. The Morgan fingerprint density at radius 3 is 1.26 bits per heavy atom. The molecule has 0 aliphatic rings.